The molecule has 1 amide bonds. The Morgan fingerprint density at radius 2 is 1.71 bits per heavy atom. The average molecular weight is 249 g/mol. The summed E-state index contributed by atoms with van der Waals surface area (Å²) in [7, 11) is 1.11. The monoisotopic (exact) mass is 249 g/mol. The van der Waals surface area contributed by atoms with E-state index >= 15 is 0 Å². The van der Waals surface area contributed by atoms with Crippen LogP contribution in [-0.4, -0.2) is 30.4 Å². The Balaban J connectivity index is 2.82. The van der Waals surface area contributed by atoms with Gasteiger partial charge < -0.3 is 10.1 Å². The third-order valence-electron chi connectivity index (χ3n) is 2.73. The van der Waals surface area contributed by atoms with E-state index in [0.29, 0.717) is 0 Å². The van der Waals surface area contributed by atoms with E-state index in [0.717, 1.165) is 7.11 Å². The van der Waals surface area contributed by atoms with Crippen LogP contribution in [0.3, 0.4) is 0 Å². The van der Waals surface area contributed by atoms with Crippen LogP contribution < -0.4 is 5.32 Å². The molecule has 0 heterocycles. The molecule has 0 atom stereocenters. The van der Waals surface area contributed by atoms with Crippen LogP contribution in [0.4, 0.5) is 8.78 Å². The number of rotatable bonds is 2. The fourth-order valence-corrected chi connectivity index (χ4v) is 1.72. The van der Waals surface area contributed by atoms with E-state index in [9.17, 15) is 18.4 Å². The summed E-state index contributed by atoms with van der Waals surface area (Å²) in [6, 6.07) is 0. The Kier molecular flexibility index (Phi) is 3.20. The second-order valence-corrected chi connectivity index (χ2v) is 5.49. The van der Waals surface area contributed by atoms with Crippen molar-refractivity contribution in [2.45, 2.75) is 45.1 Å². The highest BCUT2D eigenvalue weighted by Gasteiger charge is 2.63. The number of esters is 1. The minimum Gasteiger partial charge on any atom is -0.467 e. The van der Waals surface area contributed by atoms with Gasteiger partial charge in [0.05, 0.1) is 7.11 Å². The summed E-state index contributed by atoms with van der Waals surface area (Å²) >= 11 is 0. The van der Waals surface area contributed by atoms with Crippen LogP contribution >= 0.6 is 0 Å². The topological polar surface area (TPSA) is 55.4 Å². The smallest absolute Gasteiger partial charge is 0.332 e. The van der Waals surface area contributed by atoms with Gasteiger partial charge in [0, 0.05) is 18.3 Å². The molecule has 1 N–H and O–H groups in total. The Hall–Kier alpha value is -1.20. The molecule has 0 aromatic carbocycles. The molecule has 0 saturated heterocycles. The standard InChI is InChI=1S/C11H17F2NO3/c1-9(2,3)7(15)14-10(8(16)17-4)5-11(12,13)6-10/h5-6H2,1-4H3,(H,14,15). The van der Waals surface area contributed by atoms with Crippen LogP contribution in [0.5, 0.6) is 0 Å². The second-order valence-electron chi connectivity index (χ2n) is 5.49. The first-order valence-electron chi connectivity index (χ1n) is 5.31. The summed E-state index contributed by atoms with van der Waals surface area (Å²) in [6.45, 7) is 4.93. The van der Waals surface area contributed by atoms with Gasteiger partial charge in [-0.15, -0.1) is 0 Å². The van der Waals surface area contributed by atoms with Gasteiger partial charge in [-0.25, -0.2) is 13.6 Å². The van der Waals surface area contributed by atoms with Crippen LogP contribution in [0.1, 0.15) is 33.6 Å². The summed E-state index contributed by atoms with van der Waals surface area (Å²) < 4.78 is 30.3. The van der Waals surface area contributed by atoms with E-state index in [1.807, 2.05) is 0 Å². The number of carbonyl (C=O) groups excluding carboxylic acids is 2. The van der Waals surface area contributed by atoms with E-state index in [-0.39, 0.29) is 0 Å². The highest BCUT2D eigenvalue weighted by molar-refractivity contribution is 5.91. The van der Waals surface area contributed by atoms with Crippen molar-refractivity contribution in [3.8, 4) is 0 Å². The fraction of sp³-hybridized carbons (Fsp3) is 0.818. The molecule has 0 aromatic heterocycles. The van der Waals surface area contributed by atoms with E-state index in [1.54, 1.807) is 20.8 Å². The maximum Gasteiger partial charge on any atom is 0.332 e. The minimum absolute atomic E-state index is 0.446. The number of nitrogens with one attached hydrogen (secondary N) is 1. The minimum atomic E-state index is -2.92. The predicted molar refractivity (Wildman–Crippen MR) is 56.5 cm³/mol. The van der Waals surface area contributed by atoms with Crippen LogP contribution in [0.15, 0.2) is 0 Å². The normalized spacial score (nSPS) is 21.3. The quantitative estimate of drug-likeness (QED) is 0.754. The summed E-state index contributed by atoms with van der Waals surface area (Å²) in [5, 5.41) is 2.38. The lowest BCUT2D eigenvalue weighted by atomic mass is 9.72. The Labute approximate surface area is 98.7 Å². The van der Waals surface area contributed by atoms with Crippen LogP contribution in [0.25, 0.3) is 0 Å². The lowest BCUT2D eigenvalue weighted by Gasteiger charge is -2.45. The molecule has 0 aliphatic heterocycles. The van der Waals surface area contributed by atoms with Crippen LogP contribution in [0, 0.1) is 5.41 Å². The molecular formula is C11H17F2NO3. The van der Waals surface area contributed by atoms with Gasteiger partial charge in [-0.3, -0.25) is 4.79 Å². The molecule has 0 bridgehead atoms. The van der Waals surface area contributed by atoms with Crippen molar-refractivity contribution in [2.75, 3.05) is 7.11 Å². The first-order chi connectivity index (χ1) is 7.52. The number of hydrogen-bond donors (Lipinski definition) is 1. The number of methoxy groups -OCH3 is 1. The summed E-state index contributed by atoms with van der Waals surface area (Å²) in [6.07, 6.45) is -1.40. The number of amides is 1. The first kappa shape index (κ1) is 13.9. The molecule has 4 nitrogen and oxygen atoms in total. The van der Waals surface area contributed by atoms with Gasteiger partial charge in [-0.1, -0.05) is 20.8 Å². The zero-order valence-corrected chi connectivity index (χ0v) is 10.4. The van der Waals surface area contributed by atoms with Gasteiger partial charge >= 0.3 is 5.97 Å². The molecule has 0 radical (unpaired) electrons. The largest absolute Gasteiger partial charge is 0.467 e. The third kappa shape index (κ3) is 2.73. The lowest BCUT2D eigenvalue weighted by molar-refractivity contribution is -0.183. The number of hydrogen-bond acceptors (Lipinski definition) is 3. The van der Waals surface area contributed by atoms with Gasteiger partial charge in [-0.05, 0) is 0 Å². The molecule has 1 rings (SSSR count). The van der Waals surface area contributed by atoms with Gasteiger partial charge in [0.2, 0.25) is 5.91 Å². The van der Waals surface area contributed by atoms with Crippen LogP contribution in [0.2, 0.25) is 0 Å². The van der Waals surface area contributed by atoms with Crippen LogP contribution in [-0.2, 0) is 14.3 Å². The molecule has 1 saturated carbocycles. The van der Waals surface area contributed by atoms with Gasteiger partial charge in [-0.2, -0.15) is 0 Å². The van der Waals surface area contributed by atoms with Crippen molar-refractivity contribution in [1.29, 1.82) is 0 Å². The van der Waals surface area contributed by atoms with Crippen molar-refractivity contribution < 1.29 is 23.1 Å². The van der Waals surface area contributed by atoms with E-state index in [4.69, 9.17) is 0 Å². The zero-order valence-electron chi connectivity index (χ0n) is 10.4. The lowest BCUT2D eigenvalue weighted by Crippen LogP contribution is -2.68. The van der Waals surface area contributed by atoms with Crippen molar-refractivity contribution in [1.82, 2.24) is 5.32 Å². The number of halogens is 2. The summed E-state index contributed by atoms with van der Waals surface area (Å²) in [5.41, 5.74) is -2.31. The van der Waals surface area contributed by atoms with E-state index < -0.39 is 41.6 Å². The predicted octanol–water partition coefficient (Wildman–Crippen LogP) is 1.49. The number of carbonyl (C=O) groups is 2. The van der Waals surface area contributed by atoms with Crippen molar-refractivity contribution in [3.05, 3.63) is 0 Å². The molecular weight excluding hydrogens is 232 g/mol. The van der Waals surface area contributed by atoms with Crippen molar-refractivity contribution in [3.63, 3.8) is 0 Å². The Bertz CT molecular complexity index is 339. The number of alkyl halides is 2. The Morgan fingerprint density at radius 3 is 2.00 bits per heavy atom. The maximum atomic E-state index is 12.9. The van der Waals surface area contributed by atoms with E-state index in [2.05, 4.69) is 10.1 Å². The zero-order chi connectivity index (χ0) is 13.5. The molecule has 1 aliphatic rings. The van der Waals surface area contributed by atoms with Crippen molar-refractivity contribution >= 4 is 11.9 Å². The molecule has 6 heteroatoms. The van der Waals surface area contributed by atoms with E-state index in [1.165, 1.54) is 0 Å². The fourth-order valence-electron chi connectivity index (χ4n) is 1.72. The highest BCUT2D eigenvalue weighted by Crippen LogP contribution is 2.46. The number of ether oxygens (including phenoxy) is 1. The summed E-state index contributed by atoms with van der Waals surface area (Å²) in [5.74, 6) is -4.18. The SMILES string of the molecule is COC(=O)C1(NC(=O)C(C)(C)C)CC(F)(F)C1. The van der Waals surface area contributed by atoms with Gasteiger partial charge in [0.25, 0.3) is 5.92 Å². The first-order valence-corrected chi connectivity index (χ1v) is 5.31. The molecule has 1 aliphatic carbocycles. The summed E-state index contributed by atoms with van der Waals surface area (Å²) in [4.78, 5) is 23.2. The molecule has 1 fully saturated rings. The third-order valence-corrected chi connectivity index (χ3v) is 2.73. The highest BCUT2D eigenvalue weighted by atomic mass is 19.3. The Morgan fingerprint density at radius 1 is 1.24 bits per heavy atom. The molecule has 0 aromatic rings. The van der Waals surface area contributed by atoms with Crippen molar-refractivity contribution in [2.24, 2.45) is 5.41 Å². The van der Waals surface area contributed by atoms with Gasteiger partial charge in [0.1, 0.15) is 5.54 Å². The maximum absolute atomic E-state index is 12.9. The average Bonchev–Trinajstić information content (AvgIpc) is 2.11. The molecule has 98 valence electrons. The second kappa shape index (κ2) is 3.92. The van der Waals surface area contributed by atoms with Gasteiger partial charge in [0.15, 0.2) is 0 Å². The molecule has 17 heavy (non-hydrogen) atoms. The molecule has 0 unspecified atom stereocenters. The molecule has 0 spiro atoms.